The Morgan fingerprint density at radius 2 is 1.83 bits per heavy atom. The molecule has 0 fully saturated rings. The second-order valence-electron chi connectivity index (χ2n) is 5.51. The third kappa shape index (κ3) is 8.39. The van der Waals surface area contributed by atoms with Gasteiger partial charge in [0.1, 0.15) is 12.1 Å². The Hall–Kier alpha value is -1.48. The van der Waals surface area contributed by atoms with Crippen LogP contribution in [-0.2, 0) is 9.59 Å². The fourth-order valence-electron chi connectivity index (χ4n) is 2.00. The highest BCUT2D eigenvalue weighted by Crippen LogP contribution is 2.09. The van der Waals surface area contributed by atoms with E-state index >= 15 is 0 Å². The number of carbonyl (C=O) groups excluding carboxylic acids is 3. The molecule has 3 atom stereocenters. The van der Waals surface area contributed by atoms with Crippen LogP contribution in [0.25, 0.3) is 0 Å². The van der Waals surface area contributed by atoms with Crippen LogP contribution in [0.5, 0.6) is 0 Å². The lowest BCUT2D eigenvalue weighted by Crippen LogP contribution is -2.57. The van der Waals surface area contributed by atoms with Crippen LogP contribution in [0.2, 0.25) is 0 Å². The van der Waals surface area contributed by atoms with Crippen molar-refractivity contribution in [3.05, 3.63) is 0 Å². The van der Waals surface area contributed by atoms with Gasteiger partial charge < -0.3 is 27.0 Å². The first kappa shape index (κ1) is 22.5. The van der Waals surface area contributed by atoms with E-state index in [0.717, 1.165) is 12.2 Å². The zero-order chi connectivity index (χ0) is 18.5. The Bertz CT molecular complexity index is 409. The van der Waals surface area contributed by atoms with Crippen LogP contribution in [0.1, 0.15) is 26.7 Å². The number of carbonyl (C=O) groups is 3. The number of nitrogens with one attached hydrogen (secondary N) is 4. The second-order valence-corrected chi connectivity index (χ2v) is 6.49. The molecule has 0 heterocycles. The number of hydrogen-bond acceptors (Lipinski definition) is 5. The summed E-state index contributed by atoms with van der Waals surface area (Å²) in [6.45, 7) is 4.54. The van der Waals surface area contributed by atoms with Crippen LogP contribution in [0, 0.1) is 5.92 Å². The summed E-state index contributed by atoms with van der Waals surface area (Å²) in [5.41, 5.74) is 5.40. The van der Waals surface area contributed by atoms with Crippen molar-refractivity contribution < 1.29 is 14.4 Å². The Balaban J connectivity index is 4.99. The van der Waals surface area contributed by atoms with Crippen molar-refractivity contribution in [2.24, 2.45) is 11.7 Å². The minimum atomic E-state index is -0.689. The van der Waals surface area contributed by atoms with Crippen LogP contribution in [-0.4, -0.2) is 62.1 Å². The summed E-state index contributed by atoms with van der Waals surface area (Å²) in [5.74, 6) is 0.0654. The van der Waals surface area contributed by atoms with Gasteiger partial charge in [0.15, 0.2) is 0 Å². The van der Waals surface area contributed by atoms with Gasteiger partial charge in [-0.25, -0.2) is 4.79 Å². The van der Waals surface area contributed by atoms with Crippen molar-refractivity contribution in [2.75, 3.05) is 32.1 Å². The van der Waals surface area contributed by atoms with E-state index in [9.17, 15) is 14.4 Å². The SMILES string of the molecule is CC[C@H](C)[C@H](NC(=O)[C@H](CCSC)NC(=O)NC)C(=O)NCCN. The molecule has 0 unspecified atom stereocenters. The molecule has 0 spiro atoms. The van der Waals surface area contributed by atoms with Crippen LogP contribution in [0.15, 0.2) is 0 Å². The number of thioether (sulfide) groups is 1. The monoisotopic (exact) mass is 361 g/mol. The smallest absolute Gasteiger partial charge is 0.315 e. The highest BCUT2D eigenvalue weighted by atomic mass is 32.2. The maximum absolute atomic E-state index is 12.5. The summed E-state index contributed by atoms with van der Waals surface area (Å²) in [5, 5.41) is 10.5. The number of urea groups is 1. The molecule has 0 aliphatic heterocycles. The Labute approximate surface area is 148 Å². The van der Waals surface area contributed by atoms with E-state index < -0.39 is 18.1 Å². The largest absolute Gasteiger partial charge is 0.353 e. The van der Waals surface area contributed by atoms with Crippen LogP contribution in [0.3, 0.4) is 0 Å². The van der Waals surface area contributed by atoms with Gasteiger partial charge in [-0.05, 0) is 24.3 Å². The predicted octanol–water partition coefficient (Wildman–Crippen LogP) is -0.357. The fourth-order valence-corrected chi connectivity index (χ4v) is 2.47. The van der Waals surface area contributed by atoms with Gasteiger partial charge >= 0.3 is 6.03 Å². The van der Waals surface area contributed by atoms with Crippen LogP contribution >= 0.6 is 11.8 Å². The quantitative estimate of drug-likeness (QED) is 0.344. The average Bonchev–Trinajstić information content (AvgIpc) is 2.59. The molecule has 9 heteroatoms. The number of rotatable bonds is 11. The molecule has 0 aromatic heterocycles. The summed E-state index contributed by atoms with van der Waals surface area (Å²) in [7, 11) is 1.49. The summed E-state index contributed by atoms with van der Waals surface area (Å²) < 4.78 is 0. The number of amides is 4. The van der Waals surface area contributed by atoms with Crippen LogP contribution < -0.4 is 27.0 Å². The molecular formula is C15H31N5O3S. The lowest BCUT2D eigenvalue weighted by atomic mass is 9.97. The molecule has 4 amide bonds. The summed E-state index contributed by atoms with van der Waals surface area (Å²) in [4.78, 5) is 36.3. The topological polar surface area (TPSA) is 125 Å². The minimum Gasteiger partial charge on any atom is -0.353 e. The molecule has 24 heavy (non-hydrogen) atoms. The van der Waals surface area contributed by atoms with E-state index in [1.165, 1.54) is 7.05 Å². The van der Waals surface area contributed by atoms with Crippen molar-refractivity contribution in [1.29, 1.82) is 0 Å². The zero-order valence-electron chi connectivity index (χ0n) is 15.0. The third-order valence-corrected chi connectivity index (χ3v) is 4.34. The Morgan fingerprint density at radius 3 is 2.33 bits per heavy atom. The first-order valence-corrected chi connectivity index (χ1v) is 9.55. The molecule has 0 aromatic carbocycles. The van der Waals surface area contributed by atoms with Gasteiger partial charge in [-0.3, -0.25) is 9.59 Å². The van der Waals surface area contributed by atoms with Crippen molar-refractivity contribution in [2.45, 2.75) is 38.8 Å². The fraction of sp³-hybridized carbons (Fsp3) is 0.800. The molecule has 0 bridgehead atoms. The molecule has 0 radical (unpaired) electrons. The lowest BCUT2D eigenvalue weighted by Gasteiger charge is -2.26. The van der Waals surface area contributed by atoms with Gasteiger partial charge in [0, 0.05) is 20.1 Å². The predicted molar refractivity (Wildman–Crippen MR) is 97.8 cm³/mol. The second kappa shape index (κ2) is 12.9. The van der Waals surface area contributed by atoms with Crippen molar-refractivity contribution in [3.8, 4) is 0 Å². The molecule has 0 saturated heterocycles. The maximum Gasteiger partial charge on any atom is 0.315 e. The molecular weight excluding hydrogens is 330 g/mol. The Morgan fingerprint density at radius 1 is 1.17 bits per heavy atom. The molecule has 6 N–H and O–H groups in total. The van der Waals surface area contributed by atoms with E-state index in [2.05, 4.69) is 21.3 Å². The summed E-state index contributed by atoms with van der Waals surface area (Å²) in [6, 6.07) is -1.77. The normalized spacial score (nSPS) is 14.2. The molecule has 0 rings (SSSR count). The van der Waals surface area contributed by atoms with Gasteiger partial charge in [0.05, 0.1) is 0 Å². The first-order valence-electron chi connectivity index (χ1n) is 8.16. The van der Waals surface area contributed by atoms with Gasteiger partial charge in [0.2, 0.25) is 11.8 Å². The molecule has 0 aliphatic carbocycles. The van der Waals surface area contributed by atoms with E-state index in [1.54, 1.807) is 11.8 Å². The maximum atomic E-state index is 12.5. The van der Waals surface area contributed by atoms with E-state index in [1.807, 2.05) is 20.1 Å². The molecule has 0 aromatic rings. The van der Waals surface area contributed by atoms with Crippen molar-refractivity contribution >= 4 is 29.6 Å². The van der Waals surface area contributed by atoms with Gasteiger partial charge in [-0.1, -0.05) is 20.3 Å². The highest BCUT2D eigenvalue weighted by Gasteiger charge is 2.29. The molecule has 140 valence electrons. The van der Waals surface area contributed by atoms with Crippen molar-refractivity contribution in [3.63, 3.8) is 0 Å². The van der Waals surface area contributed by atoms with Gasteiger partial charge in [-0.15, -0.1) is 0 Å². The van der Waals surface area contributed by atoms with E-state index in [0.29, 0.717) is 19.5 Å². The van der Waals surface area contributed by atoms with Gasteiger partial charge in [-0.2, -0.15) is 11.8 Å². The summed E-state index contributed by atoms with van der Waals surface area (Å²) >= 11 is 1.58. The third-order valence-electron chi connectivity index (χ3n) is 3.70. The summed E-state index contributed by atoms with van der Waals surface area (Å²) in [6.07, 6.45) is 3.15. The minimum absolute atomic E-state index is 0.0343. The number of nitrogens with two attached hydrogens (primary N) is 1. The number of hydrogen-bond donors (Lipinski definition) is 5. The van der Waals surface area contributed by atoms with Crippen LogP contribution in [0.4, 0.5) is 4.79 Å². The standard InChI is InChI=1S/C15H31N5O3S/c1-5-10(2)12(14(22)18-8-7-16)20-13(21)11(6-9-24-4)19-15(23)17-3/h10-12H,5-9,16H2,1-4H3,(H,18,22)(H,20,21)(H2,17,19,23)/t10-,11-,12-/m0/s1. The van der Waals surface area contributed by atoms with E-state index in [-0.39, 0.29) is 17.7 Å². The molecule has 0 saturated carbocycles. The van der Waals surface area contributed by atoms with Gasteiger partial charge in [0.25, 0.3) is 0 Å². The Kier molecular flexibility index (Phi) is 12.1. The highest BCUT2D eigenvalue weighted by molar-refractivity contribution is 7.98. The van der Waals surface area contributed by atoms with E-state index in [4.69, 9.17) is 5.73 Å². The zero-order valence-corrected chi connectivity index (χ0v) is 15.8. The first-order chi connectivity index (χ1) is 11.4. The van der Waals surface area contributed by atoms with Crippen molar-refractivity contribution in [1.82, 2.24) is 21.3 Å². The molecule has 0 aliphatic rings. The lowest BCUT2D eigenvalue weighted by molar-refractivity contribution is -0.131. The molecule has 8 nitrogen and oxygen atoms in total. The average molecular weight is 362 g/mol.